The van der Waals surface area contributed by atoms with Gasteiger partial charge in [0.2, 0.25) is 0 Å². The quantitative estimate of drug-likeness (QED) is 0.520. The fraction of sp³-hybridized carbons (Fsp3) is 0.0500. The van der Waals surface area contributed by atoms with Crippen molar-refractivity contribution in [3.05, 3.63) is 77.2 Å². The van der Waals surface area contributed by atoms with Crippen LogP contribution in [-0.2, 0) is 0 Å². The van der Waals surface area contributed by atoms with E-state index in [2.05, 4.69) is 47.5 Å². The van der Waals surface area contributed by atoms with Crippen molar-refractivity contribution in [2.45, 2.75) is 6.92 Å². The summed E-state index contributed by atoms with van der Waals surface area (Å²) in [6, 6.07) is 20.0. The Morgan fingerprint density at radius 2 is 1.68 bits per heavy atom. The number of hydrogen-bond acceptors (Lipinski definition) is 3. The Balaban J connectivity index is 2.02. The molecule has 0 N–H and O–H groups in total. The lowest BCUT2D eigenvalue weighted by atomic mass is 10.00. The van der Waals surface area contributed by atoms with E-state index in [0.717, 1.165) is 27.9 Å². The molecule has 0 fully saturated rings. The average Bonchev–Trinajstić information content (AvgIpc) is 3.03. The second-order valence-electron chi connectivity index (χ2n) is 5.84. The molecule has 4 nitrogen and oxygen atoms in total. The van der Waals surface area contributed by atoms with Crippen molar-refractivity contribution in [2.24, 2.45) is 0 Å². The topological polar surface area (TPSA) is 54.0 Å². The van der Waals surface area contributed by atoms with Gasteiger partial charge < -0.3 is 0 Å². The van der Waals surface area contributed by atoms with E-state index < -0.39 is 0 Å². The van der Waals surface area contributed by atoms with Gasteiger partial charge in [0.15, 0.2) is 5.15 Å². The molecule has 4 rings (SSSR count). The number of aryl methyl sites for hydroxylation is 1. The van der Waals surface area contributed by atoms with E-state index in [0.29, 0.717) is 10.7 Å². The van der Waals surface area contributed by atoms with E-state index in [4.69, 9.17) is 16.9 Å². The first-order valence-corrected chi connectivity index (χ1v) is 8.15. The van der Waals surface area contributed by atoms with Gasteiger partial charge in [-0.05, 0) is 36.2 Å². The Morgan fingerprint density at radius 3 is 2.36 bits per heavy atom. The maximum absolute atomic E-state index is 9.02. The Labute approximate surface area is 149 Å². The molecule has 120 valence electrons. The summed E-state index contributed by atoms with van der Waals surface area (Å²) < 4.78 is 1.95. The van der Waals surface area contributed by atoms with Crippen LogP contribution in [0.4, 0.5) is 0 Å². The lowest BCUT2D eigenvalue weighted by Crippen LogP contribution is -1.94. The van der Waals surface area contributed by atoms with Crippen LogP contribution in [0.15, 0.2) is 60.9 Å². The van der Waals surface area contributed by atoms with E-state index >= 15 is 0 Å². The molecule has 0 atom stereocenters. The summed E-state index contributed by atoms with van der Waals surface area (Å²) >= 11 is 6.25. The molecule has 0 spiro atoms. The van der Waals surface area contributed by atoms with Gasteiger partial charge in [-0.3, -0.25) is 4.40 Å². The molecule has 4 aromatic rings. The first kappa shape index (κ1) is 15.4. The number of hydrogen-bond donors (Lipinski definition) is 0. The zero-order valence-electron chi connectivity index (χ0n) is 13.4. The van der Waals surface area contributed by atoms with Gasteiger partial charge in [-0.1, -0.05) is 53.6 Å². The molecule has 0 bridgehead atoms. The standard InChI is InChI=1S/C20H13ClN4/c1-13-2-6-16(7-3-13)19-17(15-8-4-14(11-22)5-9-15)10-18-20(21)24-23-12-25(18)19/h2-10,12H,1H3. The largest absolute Gasteiger partial charge is 0.295 e. The summed E-state index contributed by atoms with van der Waals surface area (Å²) in [4.78, 5) is 0. The Morgan fingerprint density at radius 1 is 1.00 bits per heavy atom. The van der Waals surface area contributed by atoms with E-state index in [-0.39, 0.29) is 0 Å². The minimum atomic E-state index is 0.357. The highest BCUT2D eigenvalue weighted by atomic mass is 35.5. The predicted octanol–water partition coefficient (Wildman–Crippen LogP) is 4.90. The van der Waals surface area contributed by atoms with Crippen molar-refractivity contribution in [3.8, 4) is 28.5 Å². The van der Waals surface area contributed by atoms with Crippen molar-refractivity contribution in [3.63, 3.8) is 0 Å². The second kappa shape index (κ2) is 6.04. The molecule has 5 heteroatoms. The van der Waals surface area contributed by atoms with Crippen LogP contribution in [0.5, 0.6) is 0 Å². The molecular formula is C20H13ClN4. The van der Waals surface area contributed by atoms with Gasteiger partial charge in [-0.15, -0.1) is 10.2 Å². The van der Waals surface area contributed by atoms with Crippen molar-refractivity contribution < 1.29 is 0 Å². The normalized spacial score (nSPS) is 10.8. The van der Waals surface area contributed by atoms with Crippen LogP contribution < -0.4 is 0 Å². The number of nitrogens with zero attached hydrogens (tertiary/aromatic N) is 4. The predicted molar refractivity (Wildman–Crippen MR) is 98.3 cm³/mol. The molecule has 0 saturated carbocycles. The third-order valence-electron chi connectivity index (χ3n) is 4.21. The van der Waals surface area contributed by atoms with Crippen molar-refractivity contribution in [1.29, 1.82) is 5.26 Å². The highest BCUT2D eigenvalue weighted by Crippen LogP contribution is 2.36. The van der Waals surface area contributed by atoms with Crippen LogP contribution in [0.1, 0.15) is 11.1 Å². The number of nitriles is 1. The van der Waals surface area contributed by atoms with Crippen molar-refractivity contribution in [2.75, 3.05) is 0 Å². The molecule has 2 aromatic carbocycles. The Bertz CT molecular complexity index is 1100. The zero-order chi connectivity index (χ0) is 17.4. The van der Waals surface area contributed by atoms with E-state index in [1.54, 1.807) is 6.33 Å². The van der Waals surface area contributed by atoms with E-state index in [9.17, 15) is 0 Å². The molecule has 2 aromatic heterocycles. The highest BCUT2D eigenvalue weighted by molar-refractivity contribution is 6.32. The maximum Gasteiger partial charge on any atom is 0.175 e. The van der Waals surface area contributed by atoms with Gasteiger partial charge in [-0.2, -0.15) is 5.26 Å². The fourth-order valence-electron chi connectivity index (χ4n) is 2.93. The van der Waals surface area contributed by atoms with Crippen LogP contribution in [0.25, 0.3) is 27.9 Å². The molecule has 0 amide bonds. The highest BCUT2D eigenvalue weighted by Gasteiger charge is 2.16. The van der Waals surface area contributed by atoms with Crippen molar-refractivity contribution in [1.82, 2.24) is 14.6 Å². The number of fused-ring (bicyclic) bond motifs is 1. The summed E-state index contributed by atoms with van der Waals surface area (Å²) in [6.07, 6.45) is 1.67. The molecule has 0 unspecified atom stereocenters. The molecular weight excluding hydrogens is 332 g/mol. The second-order valence-corrected chi connectivity index (χ2v) is 6.20. The molecule has 0 radical (unpaired) electrons. The van der Waals surface area contributed by atoms with Gasteiger partial charge in [0.05, 0.1) is 22.8 Å². The van der Waals surface area contributed by atoms with Crippen LogP contribution in [0.3, 0.4) is 0 Å². The van der Waals surface area contributed by atoms with Gasteiger partial charge in [-0.25, -0.2) is 0 Å². The lowest BCUT2D eigenvalue weighted by molar-refractivity contribution is 0.954. The van der Waals surface area contributed by atoms with Crippen LogP contribution in [0.2, 0.25) is 5.15 Å². The summed E-state index contributed by atoms with van der Waals surface area (Å²) in [5.41, 5.74) is 6.71. The SMILES string of the molecule is Cc1ccc(-c2c(-c3ccc(C#N)cc3)cc3c(Cl)nncn23)cc1. The van der Waals surface area contributed by atoms with Crippen LogP contribution >= 0.6 is 11.6 Å². The first-order valence-electron chi connectivity index (χ1n) is 7.77. The van der Waals surface area contributed by atoms with E-state index in [1.807, 2.05) is 34.7 Å². The van der Waals surface area contributed by atoms with Gasteiger partial charge in [0, 0.05) is 5.56 Å². The minimum Gasteiger partial charge on any atom is -0.295 e. The first-order chi connectivity index (χ1) is 12.2. The molecule has 0 aliphatic carbocycles. The Hall–Kier alpha value is -3.16. The number of halogens is 1. The summed E-state index contributed by atoms with van der Waals surface area (Å²) in [5.74, 6) is 0. The Kier molecular flexibility index (Phi) is 3.72. The van der Waals surface area contributed by atoms with Crippen molar-refractivity contribution >= 4 is 17.1 Å². The average molecular weight is 345 g/mol. The maximum atomic E-state index is 9.02. The summed E-state index contributed by atoms with van der Waals surface area (Å²) in [7, 11) is 0. The number of benzene rings is 2. The van der Waals surface area contributed by atoms with Gasteiger partial charge in [0.1, 0.15) is 6.33 Å². The third kappa shape index (κ3) is 2.65. The zero-order valence-corrected chi connectivity index (χ0v) is 14.2. The molecule has 0 saturated heterocycles. The summed E-state index contributed by atoms with van der Waals surface area (Å²) in [5, 5.41) is 17.3. The molecule has 0 aliphatic heterocycles. The molecule has 2 heterocycles. The van der Waals surface area contributed by atoms with Crippen LogP contribution in [-0.4, -0.2) is 14.6 Å². The summed E-state index contributed by atoms with van der Waals surface area (Å²) in [6.45, 7) is 2.06. The number of aromatic nitrogens is 3. The van der Waals surface area contributed by atoms with Crippen LogP contribution in [0, 0.1) is 18.3 Å². The number of rotatable bonds is 2. The fourth-order valence-corrected chi connectivity index (χ4v) is 3.12. The van der Waals surface area contributed by atoms with Gasteiger partial charge >= 0.3 is 0 Å². The minimum absolute atomic E-state index is 0.357. The monoisotopic (exact) mass is 344 g/mol. The van der Waals surface area contributed by atoms with E-state index in [1.165, 1.54) is 5.56 Å². The lowest BCUT2D eigenvalue weighted by Gasteiger charge is -2.08. The molecule has 25 heavy (non-hydrogen) atoms. The van der Waals surface area contributed by atoms with Gasteiger partial charge in [0.25, 0.3) is 0 Å². The third-order valence-corrected chi connectivity index (χ3v) is 4.48. The molecule has 0 aliphatic rings. The smallest absolute Gasteiger partial charge is 0.175 e.